The third-order valence-electron chi connectivity index (χ3n) is 4.15. The van der Waals surface area contributed by atoms with Gasteiger partial charge in [0, 0.05) is 38.9 Å². The van der Waals surface area contributed by atoms with Crippen LogP contribution >= 0.6 is 11.3 Å². The van der Waals surface area contributed by atoms with Crippen molar-refractivity contribution in [1.82, 2.24) is 25.4 Å². The maximum atomic E-state index is 4.57. The number of fused-ring (bicyclic) bond motifs is 1. The van der Waals surface area contributed by atoms with Gasteiger partial charge in [-0.2, -0.15) is 5.10 Å². The Morgan fingerprint density at radius 2 is 1.96 bits per heavy atom. The maximum Gasteiger partial charge on any atom is 0.191 e. The van der Waals surface area contributed by atoms with Crippen molar-refractivity contribution in [2.24, 2.45) is 4.99 Å². The van der Waals surface area contributed by atoms with Crippen LogP contribution < -0.4 is 16.0 Å². The van der Waals surface area contributed by atoms with Crippen LogP contribution in [0.1, 0.15) is 17.8 Å². The number of thiazole rings is 1. The predicted molar refractivity (Wildman–Crippen MR) is 114 cm³/mol. The molecule has 3 aromatic rings. The molecule has 0 amide bonds. The van der Waals surface area contributed by atoms with E-state index in [9.17, 15) is 0 Å². The first-order valence-electron chi connectivity index (χ1n) is 9.21. The van der Waals surface area contributed by atoms with Gasteiger partial charge in [0.1, 0.15) is 0 Å². The van der Waals surface area contributed by atoms with E-state index in [2.05, 4.69) is 54.8 Å². The van der Waals surface area contributed by atoms with E-state index in [4.69, 9.17) is 0 Å². The SMILES string of the molecule is CN=C(NCCCn1nc(C)cc1C)NCCNc1nc2ccccc2s1. The molecule has 3 N–H and O–H groups in total. The summed E-state index contributed by atoms with van der Waals surface area (Å²) in [6.45, 7) is 7.42. The normalized spacial score (nSPS) is 11.7. The van der Waals surface area contributed by atoms with Gasteiger partial charge in [0.05, 0.1) is 15.9 Å². The number of anilines is 1. The average Bonchev–Trinajstić information content (AvgIpc) is 3.22. The van der Waals surface area contributed by atoms with E-state index in [1.54, 1.807) is 18.4 Å². The van der Waals surface area contributed by atoms with Crippen LogP contribution in [0, 0.1) is 13.8 Å². The molecule has 0 bridgehead atoms. The van der Waals surface area contributed by atoms with Crippen molar-refractivity contribution in [3.05, 3.63) is 41.7 Å². The van der Waals surface area contributed by atoms with Gasteiger partial charge in [-0.25, -0.2) is 4.98 Å². The summed E-state index contributed by atoms with van der Waals surface area (Å²) in [6.07, 6.45) is 0.993. The van der Waals surface area contributed by atoms with Crippen LogP contribution in [-0.4, -0.2) is 47.4 Å². The Labute approximate surface area is 163 Å². The quantitative estimate of drug-likeness (QED) is 0.316. The van der Waals surface area contributed by atoms with Crippen molar-refractivity contribution >= 4 is 32.6 Å². The van der Waals surface area contributed by atoms with Gasteiger partial charge in [-0.1, -0.05) is 23.5 Å². The Kier molecular flexibility index (Phi) is 6.64. The Balaban J connectivity index is 1.33. The van der Waals surface area contributed by atoms with E-state index in [0.29, 0.717) is 0 Å². The lowest BCUT2D eigenvalue weighted by atomic mass is 10.3. The number of nitrogens with zero attached hydrogens (tertiary/aromatic N) is 4. The fraction of sp³-hybridized carbons (Fsp3) is 0.421. The van der Waals surface area contributed by atoms with Crippen LogP contribution in [0.4, 0.5) is 5.13 Å². The summed E-state index contributed by atoms with van der Waals surface area (Å²) >= 11 is 1.68. The van der Waals surface area contributed by atoms with Crippen molar-refractivity contribution in [2.45, 2.75) is 26.8 Å². The zero-order valence-electron chi connectivity index (χ0n) is 16.1. The summed E-state index contributed by atoms with van der Waals surface area (Å²) in [5.41, 5.74) is 3.31. The minimum atomic E-state index is 0.771. The van der Waals surface area contributed by atoms with Gasteiger partial charge in [0.2, 0.25) is 0 Å². The molecule has 2 heterocycles. The number of aromatic nitrogens is 3. The number of aliphatic imine (C=N–C) groups is 1. The third kappa shape index (κ3) is 5.43. The molecule has 0 atom stereocenters. The number of nitrogens with one attached hydrogen (secondary N) is 3. The van der Waals surface area contributed by atoms with Gasteiger partial charge in [-0.15, -0.1) is 0 Å². The topological polar surface area (TPSA) is 79.2 Å². The van der Waals surface area contributed by atoms with E-state index in [1.807, 2.05) is 25.1 Å². The molecule has 0 spiro atoms. The minimum Gasteiger partial charge on any atom is -0.360 e. The van der Waals surface area contributed by atoms with Crippen LogP contribution in [0.2, 0.25) is 0 Å². The van der Waals surface area contributed by atoms with E-state index in [0.717, 1.165) is 54.9 Å². The largest absolute Gasteiger partial charge is 0.360 e. The smallest absolute Gasteiger partial charge is 0.191 e. The highest BCUT2D eigenvalue weighted by molar-refractivity contribution is 7.22. The molecule has 0 aliphatic rings. The predicted octanol–water partition coefficient (Wildman–Crippen LogP) is 2.78. The lowest BCUT2D eigenvalue weighted by Crippen LogP contribution is -2.40. The second-order valence-corrected chi connectivity index (χ2v) is 7.37. The molecular formula is C19H27N7S. The molecule has 2 aromatic heterocycles. The van der Waals surface area contributed by atoms with Crippen molar-refractivity contribution in [3.8, 4) is 0 Å². The van der Waals surface area contributed by atoms with Crippen LogP contribution in [0.25, 0.3) is 10.2 Å². The molecule has 8 heteroatoms. The summed E-state index contributed by atoms with van der Waals surface area (Å²) in [5, 5.41) is 15.5. The number of hydrogen-bond donors (Lipinski definition) is 3. The number of aryl methyl sites for hydroxylation is 3. The highest BCUT2D eigenvalue weighted by Crippen LogP contribution is 2.24. The van der Waals surface area contributed by atoms with E-state index < -0.39 is 0 Å². The number of para-hydroxylation sites is 1. The van der Waals surface area contributed by atoms with Crippen molar-refractivity contribution < 1.29 is 0 Å². The number of hydrogen-bond acceptors (Lipinski definition) is 5. The molecular weight excluding hydrogens is 358 g/mol. The van der Waals surface area contributed by atoms with Crippen LogP contribution in [0.5, 0.6) is 0 Å². The summed E-state index contributed by atoms with van der Waals surface area (Å²) in [4.78, 5) is 8.84. The highest BCUT2D eigenvalue weighted by atomic mass is 32.1. The first-order valence-corrected chi connectivity index (χ1v) is 10.0. The molecule has 3 rings (SSSR count). The monoisotopic (exact) mass is 385 g/mol. The molecule has 0 aliphatic heterocycles. The number of rotatable bonds is 8. The fourth-order valence-corrected chi connectivity index (χ4v) is 3.75. The second kappa shape index (κ2) is 9.36. The Morgan fingerprint density at radius 1 is 1.15 bits per heavy atom. The molecule has 0 radical (unpaired) electrons. The summed E-state index contributed by atoms with van der Waals surface area (Å²) in [7, 11) is 1.79. The van der Waals surface area contributed by atoms with E-state index in [1.165, 1.54) is 10.4 Å². The fourth-order valence-electron chi connectivity index (χ4n) is 2.86. The Morgan fingerprint density at radius 3 is 2.70 bits per heavy atom. The molecule has 0 aliphatic carbocycles. The zero-order valence-corrected chi connectivity index (χ0v) is 16.9. The highest BCUT2D eigenvalue weighted by Gasteiger charge is 2.03. The standard InChI is InChI=1S/C19H27N7S/c1-14-13-15(2)26(25-14)12-6-9-21-18(20-3)22-10-11-23-19-24-16-7-4-5-8-17(16)27-19/h4-5,7-8,13H,6,9-12H2,1-3H3,(H,23,24)(H2,20,21,22). The van der Waals surface area contributed by atoms with Crippen LogP contribution in [-0.2, 0) is 6.54 Å². The van der Waals surface area contributed by atoms with E-state index >= 15 is 0 Å². The van der Waals surface area contributed by atoms with Gasteiger partial charge in [0.15, 0.2) is 11.1 Å². The van der Waals surface area contributed by atoms with Gasteiger partial charge >= 0.3 is 0 Å². The first-order chi connectivity index (χ1) is 13.2. The van der Waals surface area contributed by atoms with Crippen molar-refractivity contribution in [3.63, 3.8) is 0 Å². The average molecular weight is 386 g/mol. The Hall–Kier alpha value is -2.61. The zero-order chi connectivity index (χ0) is 19.1. The lowest BCUT2D eigenvalue weighted by Gasteiger charge is -2.12. The van der Waals surface area contributed by atoms with Crippen molar-refractivity contribution in [1.29, 1.82) is 0 Å². The van der Waals surface area contributed by atoms with Crippen LogP contribution in [0.15, 0.2) is 35.3 Å². The number of guanidine groups is 1. The minimum absolute atomic E-state index is 0.771. The molecule has 0 saturated heterocycles. The number of benzene rings is 1. The summed E-state index contributed by atoms with van der Waals surface area (Å²) < 4.78 is 3.25. The molecule has 144 valence electrons. The molecule has 1 aromatic carbocycles. The van der Waals surface area contributed by atoms with Crippen molar-refractivity contribution in [2.75, 3.05) is 32.0 Å². The molecule has 0 fully saturated rings. The van der Waals surface area contributed by atoms with Crippen LogP contribution in [0.3, 0.4) is 0 Å². The first kappa shape index (κ1) is 19.2. The maximum absolute atomic E-state index is 4.57. The molecule has 0 saturated carbocycles. The van der Waals surface area contributed by atoms with Gasteiger partial charge in [-0.3, -0.25) is 9.67 Å². The van der Waals surface area contributed by atoms with E-state index in [-0.39, 0.29) is 0 Å². The molecule has 27 heavy (non-hydrogen) atoms. The van der Waals surface area contributed by atoms with Gasteiger partial charge in [-0.05, 0) is 38.5 Å². The Bertz CT molecular complexity index is 863. The molecule has 7 nitrogen and oxygen atoms in total. The summed E-state index contributed by atoms with van der Waals surface area (Å²) in [6, 6.07) is 10.3. The third-order valence-corrected chi connectivity index (χ3v) is 5.15. The molecule has 0 unspecified atom stereocenters. The van der Waals surface area contributed by atoms with Gasteiger partial charge < -0.3 is 16.0 Å². The van der Waals surface area contributed by atoms with Gasteiger partial charge in [0.25, 0.3) is 0 Å². The summed E-state index contributed by atoms with van der Waals surface area (Å²) in [5.74, 6) is 0.814. The lowest BCUT2D eigenvalue weighted by molar-refractivity contribution is 0.555. The second-order valence-electron chi connectivity index (χ2n) is 6.34.